The van der Waals surface area contributed by atoms with Crippen LogP contribution in [0.3, 0.4) is 0 Å². The Hall–Kier alpha value is -0.560. The lowest BCUT2D eigenvalue weighted by Crippen LogP contribution is -1.82. The van der Waals surface area contributed by atoms with Crippen molar-refractivity contribution in [1.82, 2.24) is 0 Å². The van der Waals surface area contributed by atoms with Crippen LogP contribution in [0.15, 0.2) is 18.2 Å². The Kier molecular flexibility index (Phi) is 2.28. The van der Waals surface area contributed by atoms with E-state index in [1.165, 1.54) is 12.1 Å². The standard InChI is InChI=1S/C8H8ClF/c1-2-6-3-4-7(10)5-8(6)9/h3-5H,2H2,1H3. The molecule has 0 atom stereocenters. The Bertz CT molecular complexity index is 233. The fraction of sp³-hybridized carbons (Fsp3) is 0.250. The maximum atomic E-state index is 12.4. The lowest BCUT2D eigenvalue weighted by atomic mass is 10.2. The van der Waals surface area contributed by atoms with Gasteiger partial charge in [0.15, 0.2) is 0 Å². The van der Waals surface area contributed by atoms with E-state index in [0.717, 1.165) is 12.0 Å². The molecule has 0 unspecified atom stereocenters. The van der Waals surface area contributed by atoms with E-state index in [9.17, 15) is 4.39 Å². The van der Waals surface area contributed by atoms with Gasteiger partial charge in [-0.3, -0.25) is 0 Å². The third-order valence-corrected chi connectivity index (χ3v) is 1.75. The first-order valence-electron chi connectivity index (χ1n) is 3.18. The van der Waals surface area contributed by atoms with Gasteiger partial charge in [0.05, 0.1) is 0 Å². The molecule has 54 valence electrons. The van der Waals surface area contributed by atoms with Crippen LogP contribution >= 0.6 is 11.6 Å². The minimum atomic E-state index is -0.276. The first kappa shape index (κ1) is 7.55. The SMILES string of the molecule is CCc1ccc(F)cc1Cl. The van der Waals surface area contributed by atoms with Crippen molar-refractivity contribution in [3.8, 4) is 0 Å². The molecule has 0 amide bonds. The van der Waals surface area contributed by atoms with Crippen LogP contribution in [-0.4, -0.2) is 0 Å². The van der Waals surface area contributed by atoms with Gasteiger partial charge in [0, 0.05) is 5.02 Å². The summed E-state index contributed by atoms with van der Waals surface area (Å²) in [5.74, 6) is -0.276. The number of benzene rings is 1. The van der Waals surface area contributed by atoms with E-state index in [0.29, 0.717) is 5.02 Å². The monoisotopic (exact) mass is 158 g/mol. The van der Waals surface area contributed by atoms with Gasteiger partial charge in [-0.1, -0.05) is 24.6 Å². The molecule has 0 aliphatic rings. The smallest absolute Gasteiger partial charge is 0.124 e. The molecule has 0 bridgehead atoms. The van der Waals surface area contributed by atoms with E-state index in [1.54, 1.807) is 6.07 Å². The van der Waals surface area contributed by atoms with Crippen LogP contribution in [0.4, 0.5) is 4.39 Å². The fourth-order valence-electron chi connectivity index (χ4n) is 0.808. The lowest BCUT2D eigenvalue weighted by Gasteiger charge is -1.98. The first-order chi connectivity index (χ1) is 4.74. The highest BCUT2D eigenvalue weighted by Crippen LogP contribution is 2.16. The number of hydrogen-bond acceptors (Lipinski definition) is 0. The third-order valence-electron chi connectivity index (χ3n) is 1.40. The lowest BCUT2D eigenvalue weighted by molar-refractivity contribution is 0.627. The van der Waals surface area contributed by atoms with Crippen molar-refractivity contribution in [2.45, 2.75) is 13.3 Å². The summed E-state index contributed by atoms with van der Waals surface area (Å²) in [6, 6.07) is 4.46. The summed E-state index contributed by atoms with van der Waals surface area (Å²) < 4.78 is 12.4. The zero-order chi connectivity index (χ0) is 7.56. The van der Waals surface area contributed by atoms with E-state index in [2.05, 4.69) is 0 Å². The maximum absolute atomic E-state index is 12.4. The minimum Gasteiger partial charge on any atom is -0.207 e. The Morgan fingerprint density at radius 1 is 1.50 bits per heavy atom. The molecular weight excluding hydrogens is 151 g/mol. The topological polar surface area (TPSA) is 0 Å². The Labute approximate surface area is 64.6 Å². The molecule has 2 heteroatoms. The Morgan fingerprint density at radius 3 is 2.70 bits per heavy atom. The van der Waals surface area contributed by atoms with E-state index >= 15 is 0 Å². The van der Waals surface area contributed by atoms with Crippen molar-refractivity contribution in [1.29, 1.82) is 0 Å². The van der Waals surface area contributed by atoms with Crippen LogP contribution in [0.25, 0.3) is 0 Å². The highest BCUT2D eigenvalue weighted by atomic mass is 35.5. The molecule has 0 spiro atoms. The third kappa shape index (κ3) is 1.48. The molecule has 0 fully saturated rings. The van der Waals surface area contributed by atoms with Crippen molar-refractivity contribution in [2.75, 3.05) is 0 Å². The fourth-order valence-corrected chi connectivity index (χ4v) is 1.11. The quantitative estimate of drug-likeness (QED) is 0.590. The van der Waals surface area contributed by atoms with Crippen LogP contribution in [0.1, 0.15) is 12.5 Å². The van der Waals surface area contributed by atoms with Gasteiger partial charge in [-0.25, -0.2) is 4.39 Å². The van der Waals surface area contributed by atoms with E-state index in [4.69, 9.17) is 11.6 Å². The number of hydrogen-bond donors (Lipinski definition) is 0. The van der Waals surface area contributed by atoms with Gasteiger partial charge in [-0.05, 0) is 24.1 Å². The van der Waals surface area contributed by atoms with Crippen molar-refractivity contribution >= 4 is 11.6 Å². The summed E-state index contributed by atoms with van der Waals surface area (Å²) >= 11 is 5.69. The van der Waals surface area contributed by atoms with Crippen LogP contribution in [0.2, 0.25) is 5.02 Å². The number of halogens is 2. The van der Waals surface area contributed by atoms with Gasteiger partial charge >= 0.3 is 0 Å². The summed E-state index contributed by atoms with van der Waals surface area (Å²) in [7, 11) is 0. The molecule has 1 rings (SSSR count). The zero-order valence-electron chi connectivity index (χ0n) is 5.70. The second-order valence-corrected chi connectivity index (χ2v) is 2.50. The summed E-state index contributed by atoms with van der Waals surface area (Å²) in [5, 5.41) is 0.516. The molecule has 0 aliphatic heterocycles. The van der Waals surface area contributed by atoms with Gasteiger partial charge in [-0.15, -0.1) is 0 Å². The molecule has 10 heavy (non-hydrogen) atoms. The average molecular weight is 159 g/mol. The predicted octanol–water partition coefficient (Wildman–Crippen LogP) is 3.04. The summed E-state index contributed by atoms with van der Waals surface area (Å²) in [6.07, 6.45) is 0.846. The number of aryl methyl sites for hydroxylation is 1. The van der Waals surface area contributed by atoms with Crippen molar-refractivity contribution < 1.29 is 4.39 Å². The Morgan fingerprint density at radius 2 is 2.20 bits per heavy atom. The predicted molar refractivity (Wildman–Crippen MR) is 40.8 cm³/mol. The van der Waals surface area contributed by atoms with Gasteiger partial charge in [0.1, 0.15) is 5.82 Å². The van der Waals surface area contributed by atoms with Crippen LogP contribution in [-0.2, 0) is 6.42 Å². The highest BCUT2D eigenvalue weighted by Gasteiger charge is 1.97. The van der Waals surface area contributed by atoms with Crippen molar-refractivity contribution in [2.24, 2.45) is 0 Å². The minimum absolute atomic E-state index is 0.276. The first-order valence-corrected chi connectivity index (χ1v) is 3.55. The van der Waals surface area contributed by atoms with E-state index < -0.39 is 0 Å². The second kappa shape index (κ2) is 3.02. The molecule has 0 saturated heterocycles. The molecule has 1 aromatic carbocycles. The van der Waals surface area contributed by atoms with E-state index in [1.807, 2.05) is 6.92 Å². The largest absolute Gasteiger partial charge is 0.207 e. The molecule has 0 nitrogen and oxygen atoms in total. The molecule has 0 aliphatic carbocycles. The molecule has 0 heterocycles. The molecule has 0 N–H and O–H groups in total. The molecule has 1 aromatic rings. The van der Waals surface area contributed by atoms with Gasteiger partial charge in [0.25, 0.3) is 0 Å². The summed E-state index contributed by atoms with van der Waals surface area (Å²) in [4.78, 5) is 0. The van der Waals surface area contributed by atoms with Crippen molar-refractivity contribution in [3.05, 3.63) is 34.6 Å². The highest BCUT2D eigenvalue weighted by molar-refractivity contribution is 6.31. The maximum Gasteiger partial charge on any atom is 0.124 e. The molecule has 0 saturated carbocycles. The molecule has 0 aromatic heterocycles. The molecule has 0 radical (unpaired) electrons. The van der Waals surface area contributed by atoms with Crippen molar-refractivity contribution in [3.63, 3.8) is 0 Å². The van der Waals surface area contributed by atoms with Crippen LogP contribution < -0.4 is 0 Å². The average Bonchev–Trinajstić information content (AvgIpc) is 1.88. The van der Waals surface area contributed by atoms with E-state index in [-0.39, 0.29) is 5.82 Å². The van der Waals surface area contributed by atoms with Gasteiger partial charge in [-0.2, -0.15) is 0 Å². The van der Waals surface area contributed by atoms with Gasteiger partial charge in [0.2, 0.25) is 0 Å². The Balaban J connectivity index is 3.07. The van der Waals surface area contributed by atoms with Crippen LogP contribution in [0, 0.1) is 5.82 Å². The molecular formula is C8H8ClF. The summed E-state index contributed by atoms with van der Waals surface area (Å²) in [5.41, 5.74) is 0.989. The normalized spacial score (nSPS) is 9.90. The van der Waals surface area contributed by atoms with Gasteiger partial charge < -0.3 is 0 Å². The number of rotatable bonds is 1. The zero-order valence-corrected chi connectivity index (χ0v) is 6.45. The van der Waals surface area contributed by atoms with Crippen LogP contribution in [0.5, 0.6) is 0 Å². The second-order valence-electron chi connectivity index (χ2n) is 2.09. The summed E-state index contributed by atoms with van der Waals surface area (Å²) in [6.45, 7) is 1.99.